The molecule has 1 atom stereocenters. The summed E-state index contributed by atoms with van der Waals surface area (Å²) in [5.74, 6) is -0.131. The van der Waals surface area contributed by atoms with Gasteiger partial charge in [0.15, 0.2) is 0 Å². The summed E-state index contributed by atoms with van der Waals surface area (Å²) in [5.41, 5.74) is 6.20. The van der Waals surface area contributed by atoms with Crippen molar-refractivity contribution in [1.82, 2.24) is 14.8 Å². The van der Waals surface area contributed by atoms with Crippen LogP contribution >= 0.6 is 15.9 Å². The van der Waals surface area contributed by atoms with Gasteiger partial charge in [-0.2, -0.15) is 10.2 Å². The predicted octanol–water partition coefficient (Wildman–Crippen LogP) is 7.29. The van der Waals surface area contributed by atoms with Crippen LogP contribution in [0, 0.1) is 0 Å². The van der Waals surface area contributed by atoms with Crippen LogP contribution in [0.25, 0.3) is 16.9 Å². The zero-order chi connectivity index (χ0) is 25.2. The molecule has 1 aromatic heterocycles. The Kier molecular flexibility index (Phi) is 6.25. The molecule has 0 saturated heterocycles. The van der Waals surface area contributed by atoms with Crippen molar-refractivity contribution < 1.29 is 4.79 Å². The van der Waals surface area contributed by atoms with Gasteiger partial charge in [-0.3, -0.25) is 4.79 Å². The third kappa shape index (κ3) is 4.63. The Balaban J connectivity index is 1.47. The van der Waals surface area contributed by atoms with Gasteiger partial charge >= 0.3 is 0 Å². The highest BCUT2D eigenvalue weighted by Gasteiger charge is 2.35. The van der Waals surface area contributed by atoms with E-state index in [1.165, 1.54) is 0 Å². The number of para-hydroxylation sites is 1. The van der Waals surface area contributed by atoms with Crippen molar-refractivity contribution in [3.63, 3.8) is 0 Å². The van der Waals surface area contributed by atoms with Gasteiger partial charge in [0.2, 0.25) is 0 Å². The van der Waals surface area contributed by atoms with Crippen molar-refractivity contribution in [3.8, 4) is 16.9 Å². The number of amides is 1. The quantitative estimate of drug-likeness (QED) is 0.232. The van der Waals surface area contributed by atoms with E-state index in [9.17, 15) is 4.79 Å². The van der Waals surface area contributed by atoms with Gasteiger partial charge in [-0.25, -0.2) is 9.69 Å². The summed E-state index contributed by atoms with van der Waals surface area (Å²) in [6.45, 7) is 0. The first-order valence-electron chi connectivity index (χ1n) is 12.1. The monoisotopic (exact) mass is 546 g/mol. The maximum Gasteiger partial charge on any atom is 0.274 e. The first-order chi connectivity index (χ1) is 18.2. The molecule has 1 aliphatic heterocycles. The maximum absolute atomic E-state index is 13.7. The van der Waals surface area contributed by atoms with Gasteiger partial charge < -0.3 is 0 Å². The Bertz CT molecular complexity index is 1560. The zero-order valence-corrected chi connectivity index (χ0v) is 21.5. The second kappa shape index (κ2) is 9.99. The van der Waals surface area contributed by atoms with Crippen molar-refractivity contribution in [3.05, 3.63) is 143 Å². The summed E-state index contributed by atoms with van der Waals surface area (Å²) in [7, 11) is 0. The number of rotatable bonds is 5. The molecule has 37 heavy (non-hydrogen) atoms. The summed E-state index contributed by atoms with van der Waals surface area (Å²) in [6, 6.07) is 37.4. The number of hydrogen-bond donors (Lipinski definition) is 0. The molecular formula is C31H23BrN4O. The fraction of sp³-hybridized carbons (Fsp3) is 0.0645. The van der Waals surface area contributed by atoms with Crippen LogP contribution in [-0.4, -0.2) is 26.4 Å². The lowest BCUT2D eigenvalue weighted by Gasteiger charge is -2.22. The minimum absolute atomic E-state index is 0.131. The molecule has 1 unspecified atom stereocenters. The van der Waals surface area contributed by atoms with Crippen molar-refractivity contribution >= 4 is 27.5 Å². The number of benzene rings is 4. The number of nitrogens with zero attached hydrogens (tertiary/aromatic N) is 4. The Labute approximate surface area is 223 Å². The lowest BCUT2D eigenvalue weighted by Crippen LogP contribution is -2.27. The number of carbonyl (C=O) groups excluding carboxylic acids is 1. The molecule has 0 spiro atoms. The van der Waals surface area contributed by atoms with E-state index in [1.807, 2.05) is 102 Å². The SMILES string of the molecule is O=C(c1ccc(Br)cc1)N1N=C(c2cn(-c3ccccc3)nc2-c2ccccc2)CC1c1ccccc1. The van der Waals surface area contributed by atoms with Gasteiger partial charge in [0.1, 0.15) is 5.69 Å². The second-order valence-corrected chi connectivity index (χ2v) is 9.79. The molecule has 1 amide bonds. The highest BCUT2D eigenvalue weighted by Crippen LogP contribution is 2.36. The van der Waals surface area contributed by atoms with Gasteiger partial charge in [-0.15, -0.1) is 0 Å². The van der Waals surface area contributed by atoms with Gasteiger partial charge in [0.05, 0.1) is 17.4 Å². The number of halogens is 1. The molecule has 0 bridgehead atoms. The lowest BCUT2D eigenvalue weighted by atomic mass is 9.97. The van der Waals surface area contributed by atoms with Crippen molar-refractivity contribution in [2.75, 3.05) is 0 Å². The summed E-state index contributed by atoms with van der Waals surface area (Å²) >= 11 is 3.46. The van der Waals surface area contributed by atoms with Crippen LogP contribution in [0.3, 0.4) is 0 Å². The molecule has 5 nitrogen and oxygen atoms in total. The van der Waals surface area contributed by atoms with Crippen LogP contribution in [0.5, 0.6) is 0 Å². The second-order valence-electron chi connectivity index (χ2n) is 8.87. The van der Waals surface area contributed by atoms with Crippen LogP contribution in [0.15, 0.2) is 131 Å². The Hall–Kier alpha value is -4.29. The van der Waals surface area contributed by atoms with E-state index >= 15 is 0 Å². The minimum atomic E-state index is -0.212. The molecule has 5 aromatic rings. The van der Waals surface area contributed by atoms with E-state index < -0.39 is 0 Å². The van der Waals surface area contributed by atoms with Crippen LogP contribution in [-0.2, 0) is 0 Å². The Morgan fingerprint density at radius 2 is 1.41 bits per heavy atom. The molecule has 2 heterocycles. The van der Waals surface area contributed by atoms with E-state index in [0.717, 1.165) is 38.3 Å². The molecule has 0 N–H and O–H groups in total. The first kappa shape index (κ1) is 23.1. The van der Waals surface area contributed by atoms with Gasteiger partial charge in [0.25, 0.3) is 5.91 Å². The van der Waals surface area contributed by atoms with E-state index in [0.29, 0.717) is 12.0 Å². The maximum atomic E-state index is 13.7. The minimum Gasteiger partial charge on any atom is -0.267 e. The van der Waals surface area contributed by atoms with Gasteiger partial charge in [-0.05, 0) is 42.0 Å². The summed E-state index contributed by atoms with van der Waals surface area (Å²) in [6.07, 6.45) is 2.61. The average Bonchev–Trinajstić information content (AvgIpc) is 3.60. The highest BCUT2D eigenvalue weighted by molar-refractivity contribution is 9.10. The molecule has 1 aliphatic rings. The third-order valence-corrected chi connectivity index (χ3v) is 7.02. The van der Waals surface area contributed by atoms with E-state index in [-0.39, 0.29) is 11.9 Å². The Morgan fingerprint density at radius 1 is 0.784 bits per heavy atom. The van der Waals surface area contributed by atoms with E-state index in [1.54, 1.807) is 5.01 Å². The molecule has 0 aliphatic carbocycles. The van der Waals surface area contributed by atoms with Crippen LogP contribution in [0.1, 0.15) is 33.9 Å². The van der Waals surface area contributed by atoms with Gasteiger partial charge in [-0.1, -0.05) is 94.8 Å². The fourth-order valence-corrected chi connectivity index (χ4v) is 4.89. The highest BCUT2D eigenvalue weighted by atomic mass is 79.9. The summed E-state index contributed by atoms with van der Waals surface area (Å²) in [4.78, 5) is 13.7. The third-order valence-electron chi connectivity index (χ3n) is 6.49. The number of aromatic nitrogens is 2. The summed E-state index contributed by atoms with van der Waals surface area (Å²) < 4.78 is 2.81. The molecule has 6 heteroatoms. The van der Waals surface area contributed by atoms with E-state index in [2.05, 4.69) is 40.2 Å². The van der Waals surface area contributed by atoms with Crippen molar-refractivity contribution in [1.29, 1.82) is 0 Å². The molecule has 0 radical (unpaired) electrons. The average molecular weight is 547 g/mol. The number of carbonyl (C=O) groups is 1. The first-order valence-corrected chi connectivity index (χ1v) is 12.9. The largest absolute Gasteiger partial charge is 0.274 e. The standard InChI is InChI=1S/C31H23BrN4O/c32-25-18-16-24(17-19-25)31(37)36-29(22-10-4-1-5-11-22)20-28(33-36)27-21-35(26-14-8-3-9-15-26)34-30(27)23-12-6-2-7-13-23/h1-19,21,29H,20H2. The van der Waals surface area contributed by atoms with Crippen molar-refractivity contribution in [2.24, 2.45) is 5.10 Å². The topological polar surface area (TPSA) is 50.5 Å². The molecule has 0 fully saturated rings. The zero-order valence-electron chi connectivity index (χ0n) is 19.9. The van der Waals surface area contributed by atoms with Crippen molar-refractivity contribution in [2.45, 2.75) is 12.5 Å². The smallest absolute Gasteiger partial charge is 0.267 e. The Morgan fingerprint density at radius 3 is 2.08 bits per heavy atom. The molecule has 180 valence electrons. The normalized spacial score (nSPS) is 15.0. The molecule has 0 saturated carbocycles. The summed E-state index contributed by atoms with van der Waals surface area (Å²) in [5, 5.41) is 11.5. The van der Waals surface area contributed by atoms with Crippen LogP contribution in [0.2, 0.25) is 0 Å². The van der Waals surface area contributed by atoms with Crippen LogP contribution < -0.4 is 0 Å². The molecule has 6 rings (SSSR count). The number of hydrogen-bond acceptors (Lipinski definition) is 3. The number of hydrazone groups is 1. The fourth-order valence-electron chi connectivity index (χ4n) is 4.63. The lowest BCUT2D eigenvalue weighted by molar-refractivity contribution is 0.0711. The van der Waals surface area contributed by atoms with Crippen LogP contribution in [0.4, 0.5) is 0 Å². The molecular weight excluding hydrogens is 524 g/mol. The van der Waals surface area contributed by atoms with E-state index in [4.69, 9.17) is 10.2 Å². The predicted molar refractivity (Wildman–Crippen MR) is 150 cm³/mol. The van der Waals surface area contributed by atoms with Gasteiger partial charge in [0, 0.05) is 33.8 Å². The molecule has 4 aromatic carbocycles.